The molecule has 0 saturated carbocycles. The van der Waals surface area contributed by atoms with Gasteiger partial charge in [0.05, 0.1) is 7.11 Å². The van der Waals surface area contributed by atoms with Crippen molar-refractivity contribution in [3.05, 3.63) is 59.7 Å². The third-order valence-electron chi connectivity index (χ3n) is 3.17. The van der Waals surface area contributed by atoms with Crippen LogP contribution in [0.2, 0.25) is 0 Å². The van der Waals surface area contributed by atoms with Crippen molar-refractivity contribution in [3.63, 3.8) is 0 Å². The van der Waals surface area contributed by atoms with E-state index in [1.807, 2.05) is 25.1 Å². The van der Waals surface area contributed by atoms with Crippen molar-refractivity contribution >= 4 is 0 Å². The number of methoxy groups -OCH3 is 1. The van der Waals surface area contributed by atoms with E-state index >= 15 is 0 Å². The highest BCUT2D eigenvalue weighted by molar-refractivity contribution is 5.32. The summed E-state index contributed by atoms with van der Waals surface area (Å²) in [5, 5.41) is 3.40. The molecule has 3 nitrogen and oxygen atoms in total. The fourth-order valence-corrected chi connectivity index (χ4v) is 2.18. The summed E-state index contributed by atoms with van der Waals surface area (Å²) in [4.78, 5) is 4.34. The largest absolute Gasteiger partial charge is 0.494 e. The number of likely N-dealkylation sites (N-methyl/N-ethyl adjacent to an activating group) is 1. The molecule has 1 N–H and O–H groups in total. The molecule has 0 amide bonds. The predicted molar refractivity (Wildman–Crippen MR) is 77.3 cm³/mol. The zero-order valence-electron chi connectivity index (χ0n) is 11.8. The van der Waals surface area contributed by atoms with Crippen LogP contribution in [0.1, 0.15) is 24.2 Å². The fraction of sp³-hybridized carbons (Fsp3) is 0.312. The summed E-state index contributed by atoms with van der Waals surface area (Å²) in [5.41, 5.74) is 2.00. The van der Waals surface area contributed by atoms with Crippen LogP contribution in [0.5, 0.6) is 5.75 Å². The van der Waals surface area contributed by atoms with Gasteiger partial charge in [0.15, 0.2) is 11.6 Å². The van der Waals surface area contributed by atoms with Crippen LogP contribution in [0.25, 0.3) is 0 Å². The smallest absolute Gasteiger partial charge is 0.165 e. The molecule has 1 aromatic heterocycles. The number of rotatable bonds is 6. The molecule has 2 aromatic rings. The molecule has 20 heavy (non-hydrogen) atoms. The quantitative estimate of drug-likeness (QED) is 0.878. The second kappa shape index (κ2) is 7.01. The Labute approximate surface area is 118 Å². The highest BCUT2D eigenvalue weighted by Crippen LogP contribution is 2.24. The van der Waals surface area contributed by atoms with E-state index < -0.39 is 0 Å². The number of pyridine rings is 1. The summed E-state index contributed by atoms with van der Waals surface area (Å²) in [5.74, 6) is -0.0734. The van der Waals surface area contributed by atoms with Gasteiger partial charge in [-0.2, -0.15) is 0 Å². The first-order chi connectivity index (χ1) is 9.74. The zero-order valence-corrected chi connectivity index (χ0v) is 11.8. The van der Waals surface area contributed by atoms with E-state index in [2.05, 4.69) is 10.3 Å². The molecule has 4 heteroatoms. The minimum atomic E-state index is -0.343. The number of hydrogen-bond acceptors (Lipinski definition) is 3. The highest BCUT2D eigenvalue weighted by Gasteiger charge is 2.14. The molecule has 2 rings (SSSR count). The van der Waals surface area contributed by atoms with Crippen molar-refractivity contribution < 1.29 is 9.13 Å². The maximum absolute atomic E-state index is 13.5. The van der Waals surface area contributed by atoms with E-state index in [0.29, 0.717) is 0 Å². The van der Waals surface area contributed by atoms with Gasteiger partial charge >= 0.3 is 0 Å². The Bertz CT molecular complexity index is 545. The molecule has 0 aliphatic rings. The SMILES string of the molecule is CCNC(Cc1ccccn1)c1ccc(F)c(OC)c1. The summed E-state index contributed by atoms with van der Waals surface area (Å²) in [6.07, 6.45) is 2.53. The highest BCUT2D eigenvalue weighted by atomic mass is 19.1. The number of nitrogens with one attached hydrogen (secondary N) is 1. The van der Waals surface area contributed by atoms with Crippen molar-refractivity contribution in [2.75, 3.05) is 13.7 Å². The third-order valence-corrected chi connectivity index (χ3v) is 3.17. The molecule has 1 unspecified atom stereocenters. The molecule has 106 valence electrons. The van der Waals surface area contributed by atoms with Gasteiger partial charge in [-0.25, -0.2) is 4.39 Å². The Balaban J connectivity index is 2.24. The van der Waals surface area contributed by atoms with Crippen LogP contribution in [0.3, 0.4) is 0 Å². The van der Waals surface area contributed by atoms with E-state index in [1.54, 1.807) is 18.3 Å². The molecule has 0 saturated heterocycles. The topological polar surface area (TPSA) is 34.2 Å². The number of ether oxygens (including phenoxy) is 1. The van der Waals surface area contributed by atoms with Gasteiger partial charge < -0.3 is 10.1 Å². The van der Waals surface area contributed by atoms with Crippen molar-refractivity contribution in [2.24, 2.45) is 0 Å². The molecule has 1 heterocycles. The number of hydrogen-bond donors (Lipinski definition) is 1. The second-order valence-corrected chi connectivity index (χ2v) is 4.53. The Morgan fingerprint density at radius 3 is 2.80 bits per heavy atom. The van der Waals surface area contributed by atoms with Gasteiger partial charge in [-0.3, -0.25) is 4.98 Å². The van der Waals surface area contributed by atoms with E-state index in [0.717, 1.165) is 24.2 Å². The molecular weight excluding hydrogens is 255 g/mol. The molecule has 0 spiro atoms. The lowest BCUT2D eigenvalue weighted by Gasteiger charge is -2.19. The summed E-state index contributed by atoms with van der Waals surface area (Å²) >= 11 is 0. The molecule has 0 bridgehead atoms. The van der Waals surface area contributed by atoms with Crippen molar-refractivity contribution in [3.8, 4) is 5.75 Å². The molecule has 0 radical (unpaired) electrons. The monoisotopic (exact) mass is 274 g/mol. The van der Waals surface area contributed by atoms with Gasteiger partial charge in [0.2, 0.25) is 0 Å². The Hall–Kier alpha value is -1.94. The fourth-order valence-electron chi connectivity index (χ4n) is 2.18. The summed E-state index contributed by atoms with van der Waals surface area (Å²) in [7, 11) is 1.48. The molecular formula is C16H19FN2O. The van der Waals surface area contributed by atoms with Crippen LogP contribution in [0.4, 0.5) is 4.39 Å². The molecule has 0 aliphatic heterocycles. The van der Waals surface area contributed by atoms with E-state index in [1.165, 1.54) is 13.2 Å². The van der Waals surface area contributed by atoms with Gasteiger partial charge in [0, 0.05) is 24.4 Å². The Morgan fingerprint density at radius 1 is 1.30 bits per heavy atom. The lowest BCUT2D eigenvalue weighted by atomic mass is 10.0. The van der Waals surface area contributed by atoms with Crippen molar-refractivity contribution in [1.29, 1.82) is 0 Å². The molecule has 1 aromatic carbocycles. The third kappa shape index (κ3) is 3.54. The maximum Gasteiger partial charge on any atom is 0.165 e. The zero-order chi connectivity index (χ0) is 14.4. The average Bonchev–Trinajstić information content (AvgIpc) is 2.48. The number of aromatic nitrogens is 1. The first-order valence-corrected chi connectivity index (χ1v) is 6.71. The molecule has 0 fully saturated rings. The maximum atomic E-state index is 13.5. The summed E-state index contributed by atoms with van der Waals surface area (Å²) in [6.45, 7) is 2.88. The average molecular weight is 274 g/mol. The summed E-state index contributed by atoms with van der Waals surface area (Å²) in [6, 6.07) is 10.9. The number of halogens is 1. The Kier molecular flexibility index (Phi) is 5.07. The van der Waals surface area contributed by atoms with Gasteiger partial charge in [-0.1, -0.05) is 19.1 Å². The number of nitrogens with zero attached hydrogens (tertiary/aromatic N) is 1. The molecule has 1 atom stereocenters. The van der Waals surface area contributed by atoms with Crippen LogP contribution < -0.4 is 10.1 Å². The van der Waals surface area contributed by atoms with E-state index in [9.17, 15) is 4.39 Å². The van der Waals surface area contributed by atoms with E-state index in [4.69, 9.17) is 4.74 Å². The van der Waals surface area contributed by atoms with Gasteiger partial charge in [-0.05, 0) is 36.4 Å². The van der Waals surface area contributed by atoms with Crippen LogP contribution >= 0.6 is 0 Å². The van der Waals surface area contributed by atoms with Crippen LogP contribution in [-0.2, 0) is 6.42 Å². The lowest BCUT2D eigenvalue weighted by Crippen LogP contribution is -2.23. The van der Waals surface area contributed by atoms with Crippen LogP contribution in [0, 0.1) is 5.82 Å². The van der Waals surface area contributed by atoms with Gasteiger partial charge in [-0.15, -0.1) is 0 Å². The molecule has 0 aliphatic carbocycles. The Morgan fingerprint density at radius 2 is 2.15 bits per heavy atom. The summed E-state index contributed by atoms with van der Waals surface area (Å²) < 4.78 is 18.5. The standard InChI is InChI=1S/C16H19FN2O/c1-3-18-15(11-13-6-4-5-9-19-13)12-7-8-14(17)16(10-12)20-2/h4-10,15,18H,3,11H2,1-2H3. The first-order valence-electron chi connectivity index (χ1n) is 6.71. The predicted octanol–water partition coefficient (Wildman–Crippen LogP) is 3.12. The van der Waals surface area contributed by atoms with Crippen molar-refractivity contribution in [1.82, 2.24) is 10.3 Å². The van der Waals surface area contributed by atoms with Gasteiger partial charge in [0.25, 0.3) is 0 Å². The minimum Gasteiger partial charge on any atom is -0.494 e. The first kappa shape index (κ1) is 14.5. The van der Waals surface area contributed by atoms with Crippen molar-refractivity contribution in [2.45, 2.75) is 19.4 Å². The number of benzene rings is 1. The van der Waals surface area contributed by atoms with Crippen LogP contribution in [0.15, 0.2) is 42.6 Å². The van der Waals surface area contributed by atoms with Crippen LogP contribution in [-0.4, -0.2) is 18.6 Å². The van der Waals surface area contributed by atoms with E-state index in [-0.39, 0.29) is 17.6 Å². The van der Waals surface area contributed by atoms with Gasteiger partial charge in [0.1, 0.15) is 0 Å². The second-order valence-electron chi connectivity index (χ2n) is 4.53. The lowest BCUT2D eigenvalue weighted by molar-refractivity contribution is 0.384. The minimum absolute atomic E-state index is 0.0874. The normalized spacial score (nSPS) is 12.2.